The highest BCUT2D eigenvalue weighted by Crippen LogP contribution is 2.28. The summed E-state index contributed by atoms with van der Waals surface area (Å²) < 4.78 is 5.07. The van der Waals surface area contributed by atoms with Crippen LogP contribution in [0, 0.1) is 5.92 Å². The molecule has 1 aliphatic carbocycles. The maximum atomic E-state index is 11.6. The van der Waals surface area contributed by atoms with Crippen molar-refractivity contribution in [2.24, 2.45) is 5.92 Å². The molecule has 1 amide bonds. The number of furan rings is 1. The van der Waals surface area contributed by atoms with Gasteiger partial charge in [0.05, 0.1) is 12.8 Å². The molecule has 1 heterocycles. The Kier molecular flexibility index (Phi) is 5.45. The van der Waals surface area contributed by atoms with Crippen LogP contribution in [0.25, 0.3) is 0 Å². The van der Waals surface area contributed by atoms with Gasteiger partial charge >= 0.3 is 0 Å². The standard InChI is InChI=1S/C15H23NO3/c17-13(14-8-4-10-19-14)11-16-15(18)9-3-7-12-5-1-2-6-12/h4,8,10,12-13,17H,1-3,5-7,9,11H2,(H,16,18). The van der Waals surface area contributed by atoms with Crippen LogP contribution in [0.2, 0.25) is 0 Å². The Morgan fingerprint density at radius 2 is 2.26 bits per heavy atom. The Morgan fingerprint density at radius 1 is 1.47 bits per heavy atom. The fraction of sp³-hybridized carbons (Fsp3) is 0.667. The van der Waals surface area contributed by atoms with Crippen LogP contribution in [-0.4, -0.2) is 17.6 Å². The minimum atomic E-state index is -0.756. The SMILES string of the molecule is O=C(CCCC1CCCC1)NCC(O)c1ccco1. The largest absolute Gasteiger partial charge is 0.467 e. The van der Waals surface area contributed by atoms with Crippen molar-refractivity contribution in [2.75, 3.05) is 6.54 Å². The van der Waals surface area contributed by atoms with E-state index >= 15 is 0 Å². The molecule has 4 heteroatoms. The average Bonchev–Trinajstić information content (AvgIpc) is 3.08. The van der Waals surface area contributed by atoms with Gasteiger partial charge in [0.2, 0.25) is 5.91 Å². The summed E-state index contributed by atoms with van der Waals surface area (Å²) in [5, 5.41) is 12.5. The van der Waals surface area contributed by atoms with Gasteiger partial charge in [-0.05, 0) is 30.9 Å². The summed E-state index contributed by atoms with van der Waals surface area (Å²) in [4.78, 5) is 11.6. The van der Waals surface area contributed by atoms with Gasteiger partial charge < -0.3 is 14.8 Å². The van der Waals surface area contributed by atoms with E-state index in [0.717, 1.165) is 18.8 Å². The predicted molar refractivity (Wildman–Crippen MR) is 72.5 cm³/mol. The lowest BCUT2D eigenvalue weighted by Gasteiger charge is -2.11. The number of hydrogen-bond acceptors (Lipinski definition) is 3. The Hall–Kier alpha value is -1.29. The third kappa shape index (κ3) is 4.71. The molecule has 0 saturated heterocycles. The van der Waals surface area contributed by atoms with Crippen molar-refractivity contribution >= 4 is 5.91 Å². The van der Waals surface area contributed by atoms with Crippen LogP contribution in [0.15, 0.2) is 22.8 Å². The first kappa shape index (κ1) is 14.1. The summed E-state index contributed by atoms with van der Waals surface area (Å²) >= 11 is 0. The molecule has 0 aliphatic heterocycles. The van der Waals surface area contributed by atoms with E-state index in [1.54, 1.807) is 12.1 Å². The molecular weight excluding hydrogens is 242 g/mol. The molecule has 0 spiro atoms. The topological polar surface area (TPSA) is 62.5 Å². The van der Waals surface area contributed by atoms with Crippen molar-refractivity contribution in [1.29, 1.82) is 0 Å². The highest BCUT2D eigenvalue weighted by atomic mass is 16.4. The van der Waals surface area contributed by atoms with Crippen molar-refractivity contribution in [2.45, 2.75) is 51.0 Å². The van der Waals surface area contributed by atoms with Crippen molar-refractivity contribution in [3.05, 3.63) is 24.2 Å². The molecule has 4 nitrogen and oxygen atoms in total. The Balaban J connectivity index is 1.56. The zero-order chi connectivity index (χ0) is 13.5. The molecule has 0 bridgehead atoms. The highest BCUT2D eigenvalue weighted by molar-refractivity contribution is 5.75. The van der Waals surface area contributed by atoms with Crippen LogP contribution in [0.1, 0.15) is 56.8 Å². The number of amides is 1. The molecule has 1 aromatic heterocycles. The summed E-state index contributed by atoms with van der Waals surface area (Å²) in [6.07, 6.45) is 8.80. The Labute approximate surface area is 114 Å². The molecule has 1 aliphatic rings. The fourth-order valence-electron chi connectivity index (χ4n) is 2.73. The van der Waals surface area contributed by atoms with Crippen LogP contribution >= 0.6 is 0 Å². The highest BCUT2D eigenvalue weighted by Gasteiger charge is 2.15. The normalized spacial score (nSPS) is 17.5. The van der Waals surface area contributed by atoms with Crippen molar-refractivity contribution in [3.63, 3.8) is 0 Å². The molecule has 106 valence electrons. The number of nitrogens with one attached hydrogen (secondary N) is 1. The lowest BCUT2D eigenvalue weighted by Crippen LogP contribution is -2.28. The first-order valence-corrected chi connectivity index (χ1v) is 7.24. The first-order valence-electron chi connectivity index (χ1n) is 7.24. The predicted octanol–water partition coefficient (Wildman–Crippen LogP) is 2.79. The molecule has 2 rings (SSSR count). The van der Waals surface area contributed by atoms with Crippen LogP contribution < -0.4 is 5.32 Å². The zero-order valence-electron chi connectivity index (χ0n) is 11.3. The number of carbonyl (C=O) groups excluding carboxylic acids is 1. The molecule has 1 saturated carbocycles. The lowest BCUT2D eigenvalue weighted by molar-refractivity contribution is -0.121. The lowest BCUT2D eigenvalue weighted by atomic mass is 10.0. The van der Waals surface area contributed by atoms with E-state index in [-0.39, 0.29) is 12.5 Å². The molecular formula is C15H23NO3. The minimum Gasteiger partial charge on any atom is -0.467 e. The summed E-state index contributed by atoms with van der Waals surface area (Å²) in [5.41, 5.74) is 0. The summed E-state index contributed by atoms with van der Waals surface area (Å²) in [7, 11) is 0. The van der Waals surface area contributed by atoms with E-state index in [2.05, 4.69) is 5.32 Å². The molecule has 1 atom stereocenters. The smallest absolute Gasteiger partial charge is 0.220 e. The van der Waals surface area contributed by atoms with Crippen LogP contribution in [0.5, 0.6) is 0 Å². The van der Waals surface area contributed by atoms with Crippen molar-refractivity contribution in [3.8, 4) is 0 Å². The Bertz CT molecular complexity index is 369. The Morgan fingerprint density at radius 3 is 2.95 bits per heavy atom. The molecule has 1 fully saturated rings. The van der Waals surface area contributed by atoms with Gasteiger partial charge in [0.25, 0.3) is 0 Å². The third-order valence-corrected chi connectivity index (χ3v) is 3.86. The molecule has 2 N–H and O–H groups in total. The molecule has 0 aromatic carbocycles. The van der Waals surface area contributed by atoms with E-state index in [1.807, 2.05) is 0 Å². The second kappa shape index (κ2) is 7.34. The maximum absolute atomic E-state index is 11.6. The van der Waals surface area contributed by atoms with Gasteiger partial charge in [-0.25, -0.2) is 0 Å². The second-order valence-electron chi connectivity index (χ2n) is 5.38. The van der Waals surface area contributed by atoms with Gasteiger partial charge in [0.1, 0.15) is 11.9 Å². The quantitative estimate of drug-likeness (QED) is 0.797. The van der Waals surface area contributed by atoms with Crippen LogP contribution in [-0.2, 0) is 4.79 Å². The second-order valence-corrected chi connectivity index (χ2v) is 5.38. The fourth-order valence-corrected chi connectivity index (χ4v) is 2.73. The van der Waals surface area contributed by atoms with Gasteiger partial charge in [0.15, 0.2) is 0 Å². The van der Waals surface area contributed by atoms with Gasteiger partial charge in [-0.15, -0.1) is 0 Å². The van der Waals surface area contributed by atoms with E-state index in [0.29, 0.717) is 12.2 Å². The monoisotopic (exact) mass is 265 g/mol. The molecule has 19 heavy (non-hydrogen) atoms. The number of rotatable bonds is 7. The zero-order valence-corrected chi connectivity index (χ0v) is 11.3. The minimum absolute atomic E-state index is 0.0172. The van der Waals surface area contributed by atoms with Gasteiger partial charge in [-0.3, -0.25) is 4.79 Å². The maximum Gasteiger partial charge on any atom is 0.220 e. The number of carbonyl (C=O) groups is 1. The third-order valence-electron chi connectivity index (χ3n) is 3.86. The van der Waals surface area contributed by atoms with Crippen LogP contribution in [0.3, 0.4) is 0 Å². The van der Waals surface area contributed by atoms with Crippen LogP contribution in [0.4, 0.5) is 0 Å². The van der Waals surface area contributed by atoms with Gasteiger partial charge in [-0.2, -0.15) is 0 Å². The molecule has 0 radical (unpaired) electrons. The van der Waals surface area contributed by atoms with E-state index in [1.165, 1.54) is 31.9 Å². The first-order chi connectivity index (χ1) is 9.25. The van der Waals surface area contributed by atoms with Crippen molar-refractivity contribution in [1.82, 2.24) is 5.32 Å². The van der Waals surface area contributed by atoms with E-state index in [4.69, 9.17) is 4.42 Å². The summed E-state index contributed by atoms with van der Waals surface area (Å²) in [6, 6.07) is 3.43. The van der Waals surface area contributed by atoms with Crippen molar-refractivity contribution < 1.29 is 14.3 Å². The average molecular weight is 265 g/mol. The summed E-state index contributed by atoms with van der Waals surface area (Å²) in [6.45, 7) is 0.218. The molecule has 1 aromatic rings. The summed E-state index contributed by atoms with van der Waals surface area (Å²) in [5.74, 6) is 1.34. The number of hydrogen-bond donors (Lipinski definition) is 2. The van der Waals surface area contributed by atoms with E-state index < -0.39 is 6.10 Å². The van der Waals surface area contributed by atoms with Gasteiger partial charge in [0, 0.05) is 6.42 Å². The number of aliphatic hydroxyl groups excluding tert-OH is 1. The van der Waals surface area contributed by atoms with E-state index in [9.17, 15) is 9.90 Å². The van der Waals surface area contributed by atoms with Gasteiger partial charge in [-0.1, -0.05) is 25.7 Å². The number of aliphatic hydroxyl groups is 1. The molecule has 1 unspecified atom stereocenters.